The molecule has 1 aliphatic heterocycles. The van der Waals surface area contributed by atoms with Crippen molar-refractivity contribution in [1.29, 1.82) is 0 Å². The third kappa shape index (κ3) is 4.52. The zero-order valence-corrected chi connectivity index (χ0v) is 18.1. The van der Waals surface area contributed by atoms with E-state index in [0.717, 1.165) is 28.2 Å². The van der Waals surface area contributed by atoms with Gasteiger partial charge in [-0.1, -0.05) is 0 Å². The van der Waals surface area contributed by atoms with Crippen LogP contribution in [0.3, 0.4) is 0 Å². The molecule has 9 heteroatoms. The highest BCUT2D eigenvalue weighted by atomic mass is 32.1. The van der Waals surface area contributed by atoms with E-state index in [1.165, 1.54) is 23.5 Å². The van der Waals surface area contributed by atoms with Gasteiger partial charge in [-0.25, -0.2) is 4.79 Å². The fourth-order valence-corrected chi connectivity index (χ4v) is 4.36. The molecule has 4 N–H and O–H groups in total. The van der Waals surface area contributed by atoms with Gasteiger partial charge in [0.15, 0.2) is 5.11 Å². The van der Waals surface area contributed by atoms with E-state index in [2.05, 4.69) is 21.9 Å². The normalized spacial score (nSPS) is 12.7. The molecule has 158 valence electrons. The molecule has 0 fully saturated rings. The van der Waals surface area contributed by atoms with E-state index in [1.54, 1.807) is 19.1 Å². The lowest BCUT2D eigenvalue weighted by Gasteiger charge is -2.08. The quantitative estimate of drug-likeness (QED) is 0.257. The molecule has 1 aliphatic rings. The second-order valence-corrected chi connectivity index (χ2v) is 8.18. The van der Waals surface area contributed by atoms with Crippen molar-refractivity contribution in [2.45, 2.75) is 13.3 Å². The first-order valence-electron chi connectivity index (χ1n) is 9.44. The SMILES string of the molecule is C/C(=N\NC(=S)Nc1ccc(C(=O)O)cc1)c1csc(-c2ccc3c(c2)CCO3)c1O. The van der Waals surface area contributed by atoms with Crippen molar-refractivity contribution < 1.29 is 19.7 Å². The molecule has 0 spiro atoms. The molecule has 2 aromatic carbocycles. The molecule has 4 rings (SSSR count). The predicted octanol–water partition coefficient (Wildman–Crippen LogP) is 4.46. The number of carboxylic acids is 1. The van der Waals surface area contributed by atoms with Gasteiger partial charge >= 0.3 is 5.97 Å². The van der Waals surface area contributed by atoms with Crippen LogP contribution in [0.25, 0.3) is 10.4 Å². The molecular weight excluding hydrogens is 434 g/mol. The van der Waals surface area contributed by atoms with E-state index in [0.29, 0.717) is 23.6 Å². The van der Waals surface area contributed by atoms with Crippen molar-refractivity contribution in [2.75, 3.05) is 11.9 Å². The second-order valence-electron chi connectivity index (χ2n) is 6.89. The monoisotopic (exact) mass is 453 g/mol. The number of fused-ring (bicyclic) bond motifs is 1. The summed E-state index contributed by atoms with van der Waals surface area (Å²) >= 11 is 6.68. The van der Waals surface area contributed by atoms with Gasteiger partial charge in [-0.3, -0.25) is 5.43 Å². The Morgan fingerprint density at radius 3 is 2.74 bits per heavy atom. The molecule has 31 heavy (non-hydrogen) atoms. The first-order chi connectivity index (χ1) is 14.9. The van der Waals surface area contributed by atoms with Gasteiger partial charge in [-0.2, -0.15) is 5.10 Å². The average molecular weight is 454 g/mol. The third-order valence-corrected chi connectivity index (χ3v) is 6.03. The van der Waals surface area contributed by atoms with Gasteiger partial charge in [0.05, 0.1) is 28.3 Å². The molecule has 3 aromatic rings. The highest BCUT2D eigenvalue weighted by molar-refractivity contribution is 7.80. The van der Waals surface area contributed by atoms with Crippen LogP contribution in [-0.2, 0) is 6.42 Å². The Bertz CT molecular complexity index is 1190. The Hall–Kier alpha value is -3.43. The van der Waals surface area contributed by atoms with Crippen LogP contribution in [0.1, 0.15) is 28.4 Å². The molecular formula is C22H19N3O4S2. The molecule has 0 unspecified atom stereocenters. The summed E-state index contributed by atoms with van der Waals surface area (Å²) in [7, 11) is 0. The number of carboxylic acid groups (broad SMARTS) is 1. The number of aromatic carboxylic acids is 1. The predicted molar refractivity (Wildman–Crippen MR) is 126 cm³/mol. The number of thiophene rings is 1. The van der Waals surface area contributed by atoms with E-state index in [-0.39, 0.29) is 16.4 Å². The Labute approximate surface area is 188 Å². The molecule has 2 heterocycles. The number of hydrogen-bond acceptors (Lipinski definition) is 6. The minimum Gasteiger partial charge on any atom is -0.506 e. The van der Waals surface area contributed by atoms with E-state index in [9.17, 15) is 9.90 Å². The van der Waals surface area contributed by atoms with Crippen LogP contribution in [0.2, 0.25) is 0 Å². The highest BCUT2D eigenvalue weighted by Gasteiger charge is 2.18. The maximum absolute atomic E-state index is 10.9. The molecule has 0 aliphatic carbocycles. The number of hydrogen-bond donors (Lipinski definition) is 4. The smallest absolute Gasteiger partial charge is 0.335 e. The van der Waals surface area contributed by atoms with Gasteiger partial charge in [0.2, 0.25) is 0 Å². The molecule has 0 amide bonds. The van der Waals surface area contributed by atoms with Crippen molar-refractivity contribution in [1.82, 2.24) is 5.43 Å². The molecule has 0 saturated heterocycles. The first kappa shape index (κ1) is 20.8. The second kappa shape index (κ2) is 8.75. The van der Waals surface area contributed by atoms with Gasteiger partial charge in [0.25, 0.3) is 0 Å². The number of thiocarbonyl (C=S) groups is 1. The van der Waals surface area contributed by atoms with Gasteiger partial charge in [-0.15, -0.1) is 11.3 Å². The van der Waals surface area contributed by atoms with Crippen LogP contribution in [0.5, 0.6) is 11.5 Å². The topological polar surface area (TPSA) is 103 Å². The zero-order valence-electron chi connectivity index (χ0n) is 16.5. The lowest BCUT2D eigenvalue weighted by atomic mass is 10.1. The number of carbonyl (C=O) groups is 1. The summed E-state index contributed by atoms with van der Waals surface area (Å²) in [5.74, 6) is 0.0891. The molecule has 7 nitrogen and oxygen atoms in total. The lowest BCUT2D eigenvalue weighted by Crippen LogP contribution is -2.24. The first-order valence-corrected chi connectivity index (χ1v) is 10.7. The number of ether oxygens (including phenoxy) is 1. The van der Waals surface area contributed by atoms with Crippen LogP contribution in [0.4, 0.5) is 5.69 Å². The number of hydrazone groups is 1. The molecule has 0 atom stereocenters. The number of anilines is 1. The summed E-state index contributed by atoms with van der Waals surface area (Å²) in [5, 5.41) is 29.0. The largest absolute Gasteiger partial charge is 0.506 e. The number of nitrogens with one attached hydrogen (secondary N) is 2. The summed E-state index contributed by atoms with van der Waals surface area (Å²) in [6, 6.07) is 12.1. The van der Waals surface area contributed by atoms with Gasteiger partial charge in [-0.05, 0) is 72.7 Å². The summed E-state index contributed by atoms with van der Waals surface area (Å²) in [5.41, 5.74) is 6.87. The average Bonchev–Trinajstić information content (AvgIpc) is 3.38. The van der Waals surface area contributed by atoms with Crippen LogP contribution in [-0.4, -0.2) is 33.6 Å². The van der Waals surface area contributed by atoms with E-state index < -0.39 is 5.97 Å². The Morgan fingerprint density at radius 1 is 1.23 bits per heavy atom. The Kier molecular flexibility index (Phi) is 5.88. The van der Waals surface area contributed by atoms with Gasteiger partial charge in [0, 0.05) is 17.5 Å². The zero-order chi connectivity index (χ0) is 22.0. The van der Waals surface area contributed by atoms with Crippen molar-refractivity contribution in [3.05, 3.63) is 64.5 Å². The molecule has 1 aromatic heterocycles. The molecule has 0 radical (unpaired) electrons. The third-order valence-electron chi connectivity index (χ3n) is 4.82. The maximum atomic E-state index is 10.9. The molecule has 0 saturated carbocycles. The maximum Gasteiger partial charge on any atom is 0.335 e. The van der Waals surface area contributed by atoms with Gasteiger partial charge < -0.3 is 20.3 Å². The number of nitrogens with zero attached hydrogens (tertiary/aromatic N) is 1. The minimum atomic E-state index is -0.990. The highest BCUT2D eigenvalue weighted by Crippen LogP contribution is 2.40. The fourth-order valence-electron chi connectivity index (χ4n) is 3.19. The number of rotatable bonds is 5. The standard InChI is InChI=1S/C22H19N3O4S2/c1-12(24-25-22(30)23-16-5-2-13(3-6-16)21(27)28)17-11-31-20(19(17)26)15-4-7-18-14(10-15)8-9-29-18/h2-7,10-11,26H,8-9H2,1H3,(H,27,28)(H2,23,25,30)/b24-12+. The van der Waals surface area contributed by atoms with Crippen LogP contribution < -0.4 is 15.5 Å². The summed E-state index contributed by atoms with van der Waals surface area (Å²) < 4.78 is 5.55. The number of benzene rings is 2. The Balaban J connectivity index is 1.44. The van der Waals surface area contributed by atoms with Crippen molar-refractivity contribution in [2.24, 2.45) is 5.10 Å². The van der Waals surface area contributed by atoms with Crippen LogP contribution in [0.15, 0.2) is 52.9 Å². The summed E-state index contributed by atoms with van der Waals surface area (Å²) in [4.78, 5) is 11.7. The van der Waals surface area contributed by atoms with Crippen LogP contribution in [0, 0.1) is 0 Å². The lowest BCUT2D eigenvalue weighted by molar-refractivity contribution is 0.0697. The van der Waals surface area contributed by atoms with Crippen molar-refractivity contribution in [3.63, 3.8) is 0 Å². The van der Waals surface area contributed by atoms with Crippen LogP contribution >= 0.6 is 23.6 Å². The summed E-state index contributed by atoms with van der Waals surface area (Å²) in [6.45, 7) is 2.47. The van der Waals surface area contributed by atoms with Gasteiger partial charge in [0.1, 0.15) is 11.5 Å². The minimum absolute atomic E-state index is 0.176. The summed E-state index contributed by atoms with van der Waals surface area (Å²) in [6.07, 6.45) is 0.871. The van der Waals surface area contributed by atoms with Crippen molar-refractivity contribution in [3.8, 4) is 21.9 Å². The van der Waals surface area contributed by atoms with E-state index in [4.69, 9.17) is 22.1 Å². The number of aromatic hydroxyl groups is 1. The fraction of sp³-hybridized carbons (Fsp3) is 0.136. The Morgan fingerprint density at radius 2 is 2.00 bits per heavy atom. The van der Waals surface area contributed by atoms with E-state index >= 15 is 0 Å². The van der Waals surface area contributed by atoms with E-state index in [1.807, 2.05) is 17.5 Å². The molecule has 0 bridgehead atoms. The van der Waals surface area contributed by atoms with Crippen molar-refractivity contribution >= 4 is 46.0 Å².